The van der Waals surface area contributed by atoms with E-state index >= 15 is 0 Å². The quantitative estimate of drug-likeness (QED) is 0.535. The van der Waals surface area contributed by atoms with E-state index in [4.69, 9.17) is 0 Å². The van der Waals surface area contributed by atoms with Crippen LogP contribution in [0, 0.1) is 0 Å². The van der Waals surface area contributed by atoms with Gasteiger partial charge in [0.15, 0.2) is 0 Å². The summed E-state index contributed by atoms with van der Waals surface area (Å²) in [5.74, 6) is -0.692. The average Bonchev–Trinajstić information content (AvgIpc) is 2.78. The van der Waals surface area contributed by atoms with Crippen LogP contribution in [0.5, 0.6) is 0 Å². The number of amides is 2. The number of carbonyl (C=O) groups is 2. The number of hydrogen-bond acceptors (Lipinski definition) is 5. The molecule has 0 aliphatic rings. The van der Waals surface area contributed by atoms with Crippen LogP contribution in [0.15, 0.2) is 88.9 Å². The summed E-state index contributed by atoms with van der Waals surface area (Å²) < 4.78 is 26.0. The molecule has 0 radical (unpaired) electrons. The molecule has 8 heteroatoms. The van der Waals surface area contributed by atoms with Crippen LogP contribution in [-0.2, 0) is 14.6 Å². The van der Waals surface area contributed by atoms with Gasteiger partial charge >= 0.3 is 0 Å². The predicted octanol–water partition coefficient (Wildman–Crippen LogP) is 3.70. The lowest BCUT2D eigenvalue weighted by molar-refractivity contribution is -0.111. The van der Waals surface area contributed by atoms with Gasteiger partial charge in [-0.25, -0.2) is 8.42 Å². The van der Waals surface area contributed by atoms with Crippen molar-refractivity contribution in [3.63, 3.8) is 0 Å². The molecule has 0 fully saturated rings. The van der Waals surface area contributed by atoms with Gasteiger partial charge in [-0.1, -0.05) is 12.1 Å². The molecule has 0 saturated heterocycles. The zero-order valence-electron chi connectivity index (χ0n) is 17.6. The second-order valence-corrected chi connectivity index (χ2v) is 9.24. The van der Waals surface area contributed by atoms with Gasteiger partial charge in [0, 0.05) is 35.8 Å². The zero-order chi connectivity index (χ0) is 23.1. The molecule has 164 valence electrons. The maximum atomic E-state index is 13.0. The maximum absolute atomic E-state index is 13.0. The van der Waals surface area contributed by atoms with Crippen molar-refractivity contribution >= 4 is 33.4 Å². The Morgan fingerprint density at radius 3 is 2.38 bits per heavy atom. The first-order valence-electron chi connectivity index (χ1n) is 9.91. The SMILES string of the molecule is CC(C)NC(=O)c1cccc(S(=O)(=O)c2ccc(NC(=O)/C=C/c3cccnc3)cc2)c1. The molecular weight excluding hydrogens is 426 g/mol. The number of aromatic nitrogens is 1. The van der Waals surface area contributed by atoms with Crippen molar-refractivity contribution in [3.05, 3.63) is 90.3 Å². The fraction of sp³-hybridized carbons (Fsp3) is 0.125. The van der Waals surface area contributed by atoms with E-state index in [1.807, 2.05) is 19.9 Å². The van der Waals surface area contributed by atoms with Crippen LogP contribution < -0.4 is 10.6 Å². The molecule has 0 aliphatic carbocycles. The highest BCUT2D eigenvalue weighted by Crippen LogP contribution is 2.23. The molecule has 0 unspecified atom stereocenters. The minimum Gasteiger partial charge on any atom is -0.350 e. The molecule has 0 atom stereocenters. The van der Waals surface area contributed by atoms with E-state index in [9.17, 15) is 18.0 Å². The van der Waals surface area contributed by atoms with Gasteiger partial charge < -0.3 is 10.6 Å². The number of nitrogens with zero attached hydrogens (tertiary/aromatic N) is 1. The molecule has 7 nitrogen and oxygen atoms in total. The normalized spacial score (nSPS) is 11.5. The number of pyridine rings is 1. The number of carbonyl (C=O) groups excluding carboxylic acids is 2. The summed E-state index contributed by atoms with van der Waals surface area (Å²) in [6.45, 7) is 3.65. The molecular formula is C24H23N3O4S. The second-order valence-electron chi connectivity index (χ2n) is 7.29. The van der Waals surface area contributed by atoms with Gasteiger partial charge in [0.25, 0.3) is 5.91 Å². The lowest BCUT2D eigenvalue weighted by Gasteiger charge is -2.10. The maximum Gasteiger partial charge on any atom is 0.251 e. The fourth-order valence-corrected chi connectivity index (χ4v) is 4.14. The molecule has 2 N–H and O–H groups in total. The van der Waals surface area contributed by atoms with Crippen molar-refractivity contribution in [1.82, 2.24) is 10.3 Å². The lowest BCUT2D eigenvalue weighted by Crippen LogP contribution is -2.30. The van der Waals surface area contributed by atoms with Gasteiger partial charge in [-0.3, -0.25) is 14.6 Å². The summed E-state index contributed by atoms with van der Waals surface area (Å²) in [5.41, 5.74) is 1.51. The Kier molecular flexibility index (Phi) is 7.17. The van der Waals surface area contributed by atoms with Crippen molar-refractivity contribution in [1.29, 1.82) is 0 Å². The number of sulfone groups is 1. The van der Waals surface area contributed by atoms with Gasteiger partial charge in [-0.15, -0.1) is 0 Å². The molecule has 0 aliphatic heterocycles. The minimum absolute atomic E-state index is 0.0186. The first-order chi connectivity index (χ1) is 15.3. The van der Waals surface area contributed by atoms with E-state index in [1.54, 1.807) is 30.6 Å². The number of anilines is 1. The van der Waals surface area contributed by atoms with E-state index in [1.165, 1.54) is 48.5 Å². The third-order valence-corrected chi connectivity index (χ3v) is 6.14. The van der Waals surface area contributed by atoms with Gasteiger partial charge in [0.1, 0.15) is 0 Å². The van der Waals surface area contributed by atoms with Gasteiger partial charge in [-0.05, 0) is 74.0 Å². The Hall–Kier alpha value is -3.78. The smallest absolute Gasteiger partial charge is 0.251 e. The van der Waals surface area contributed by atoms with Gasteiger partial charge in [-0.2, -0.15) is 0 Å². The molecule has 0 spiro atoms. The van der Waals surface area contributed by atoms with Crippen LogP contribution in [0.3, 0.4) is 0 Å². The van der Waals surface area contributed by atoms with E-state index < -0.39 is 9.84 Å². The monoisotopic (exact) mass is 449 g/mol. The summed E-state index contributed by atoms with van der Waals surface area (Å²) in [4.78, 5) is 28.3. The van der Waals surface area contributed by atoms with E-state index in [-0.39, 0.29) is 33.2 Å². The Balaban J connectivity index is 1.73. The molecule has 3 aromatic rings. The van der Waals surface area contributed by atoms with Crippen molar-refractivity contribution < 1.29 is 18.0 Å². The molecule has 3 rings (SSSR count). The Morgan fingerprint density at radius 1 is 0.969 bits per heavy atom. The molecule has 0 saturated carbocycles. The number of benzene rings is 2. The number of rotatable bonds is 7. The Bertz CT molecular complexity index is 1240. The topological polar surface area (TPSA) is 105 Å². The highest BCUT2D eigenvalue weighted by atomic mass is 32.2. The van der Waals surface area contributed by atoms with Crippen LogP contribution in [0.1, 0.15) is 29.8 Å². The van der Waals surface area contributed by atoms with E-state index in [0.717, 1.165) is 5.56 Å². The Morgan fingerprint density at radius 2 is 1.72 bits per heavy atom. The van der Waals surface area contributed by atoms with Crippen molar-refractivity contribution in [2.75, 3.05) is 5.32 Å². The van der Waals surface area contributed by atoms with E-state index in [0.29, 0.717) is 5.69 Å². The van der Waals surface area contributed by atoms with Gasteiger partial charge in [0.2, 0.25) is 15.7 Å². The van der Waals surface area contributed by atoms with Crippen LogP contribution in [0.2, 0.25) is 0 Å². The van der Waals surface area contributed by atoms with Gasteiger partial charge in [0.05, 0.1) is 9.79 Å². The summed E-state index contributed by atoms with van der Waals surface area (Å²) >= 11 is 0. The summed E-state index contributed by atoms with van der Waals surface area (Å²) in [7, 11) is -3.83. The molecule has 32 heavy (non-hydrogen) atoms. The average molecular weight is 450 g/mol. The van der Waals surface area contributed by atoms with Crippen LogP contribution in [0.4, 0.5) is 5.69 Å². The first-order valence-corrected chi connectivity index (χ1v) is 11.4. The highest BCUT2D eigenvalue weighted by Gasteiger charge is 2.19. The zero-order valence-corrected chi connectivity index (χ0v) is 18.5. The fourth-order valence-electron chi connectivity index (χ4n) is 2.83. The van der Waals surface area contributed by atoms with Crippen molar-refractivity contribution in [2.45, 2.75) is 29.7 Å². The summed E-state index contributed by atoms with van der Waals surface area (Å²) in [5, 5.41) is 5.42. The molecule has 1 heterocycles. The second kappa shape index (κ2) is 10.0. The highest BCUT2D eigenvalue weighted by molar-refractivity contribution is 7.91. The molecule has 2 aromatic carbocycles. The number of hydrogen-bond donors (Lipinski definition) is 2. The lowest BCUT2D eigenvalue weighted by atomic mass is 10.2. The molecule has 0 bridgehead atoms. The van der Waals surface area contributed by atoms with E-state index in [2.05, 4.69) is 15.6 Å². The van der Waals surface area contributed by atoms with Crippen LogP contribution in [0.25, 0.3) is 6.08 Å². The number of nitrogens with one attached hydrogen (secondary N) is 2. The van der Waals surface area contributed by atoms with Crippen molar-refractivity contribution in [3.8, 4) is 0 Å². The standard InChI is InChI=1S/C24H23N3O4S/c1-17(2)26-24(29)19-6-3-7-22(15-19)32(30,31)21-11-9-20(10-12-21)27-23(28)13-8-18-5-4-14-25-16-18/h3-17H,1-2H3,(H,26,29)(H,27,28)/b13-8+. The molecule has 2 amide bonds. The third-order valence-electron chi connectivity index (χ3n) is 4.37. The largest absolute Gasteiger partial charge is 0.350 e. The van der Waals surface area contributed by atoms with Crippen LogP contribution in [-0.4, -0.2) is 31.3 Å². The summed E-state index contributed by atoms with van der Waals surface area (Å²) in [6.07, 6.45) is 6.27. The van der Waals surface area contributed by atoms with Crippen molar-refractivity contribution in [2.24, 2.45) is 0 Å². The predicted molar refractivity (Wildman–Crippen MR) is 123 cm³/mol. The molecule has 1 aromatic heterocycles. The Labute approximate surface area is 187 Å². The first kappa shape index (κ1) is 22.9. The third kappa shape index (κ3) is 5.89. The minimum atomic E-state index is -3.83. The summed E-state index contributed by atoms with van der Waals surface area (Å²) in [6, 6.07) is 15.3. The van der Waals surface area contributed by atoms with Crippen LogP contribution >= 0.6 is 0 Å².